The molecule has 230 valence electrons. The molecule has 13 heteroatoms. The third-order valence-electron chi connectivity index (χ3n) is 6.68. The number of carboxylic acids is 1. The van der Waals surface area contributed by atoms with Crippen LogP contribution in [0.4, 0.5) is 17.6 Å². The van der Waals surface area contributed by atoms with Gasteiger partial charge in [-0.2, -0.15) is 13.9 Å². The van der Waals surface area contributed by atoms with Gasteiger partial charge in [0, 0.05) is 17.8 Å². The van der Waals surface area contributed by atoms with Crippen molar-refractivity contribution < 1.29 is 41.8 Å². The number of hydrogen-bond acceptors (Lipinski definition) is 6. The monoisotopic (exact) mass is 605 g/mol. The summed E-state index contributed by atoms with van der Waals surface area (Å²) in [6.45, 7) is 6.64. The number of ether oxygens (including phenoxy) is 1. The fraction of sp³-hybridized carbons (Fsp3) is 0.367. The number of hydrogen-bond donors (Lipinski definition) is 2. The maximum absolute atomic E-state index is 13.9. The maximum atomic E-state index is 13.9. The summed E-state index contributed by atoms with van der Waals surface area (Å²) in [5.41, 5.74) is 1.18. The third kappa shape index (κ3) is 8.05. The number of benzene rings is 2. The van der Waals surface area contributed by atoms with Gasteiger partial charge in [0.25, 0.3) is 5.56 Å². The first-order valence-electron chi connectivity index (χ1n) is 13.3. The van der Waals surface area contributed by atoms with Crippen LogP contribution >= 0.6 is 0 Å². The summed E-state index contributed by atoms with van der Waals surface area (Å²) in [4.78, 5) is 50.7. The van der Waals surface area contributed by atoms with Crippen molar-refractivity contribution in [3.63, 3.8) is 0 Å². The molecule has 3 aromatic rings. The van der Waals surface area contributed by atoms with E-state index in [0.717, 1.165) is 11.1 Å². The Bertz CT molecular complexity index is 1560. The van der Waals surface area contributed by atoms with Gasteiger partial charge in [-0.15, -0.1) is 0 Å². The second kappa shape index (κ2) is 13.6. The molecule has 0 radical (unpaired) electrons. The van der Waals surface area contributed by atoms with E-state index >= 15 is 0 Å². The van der Waals surface area contributed by atoms with Gasteiger partial charge in [0.2, 0.25) is 17.5 Å². The smallest absolute Gasteiger partial charge is 0.305 e. The van der Waals surface area contributed by atoms with E-state index in [-0.39, 0.29) is 30.0 Å². The highest BCUT2D eigenvalue weighted by molar-refractivity contribution is 5.94. The van der Waals surface area contributed by atoms with E-state index in [4.69, 9.17) is 0 Å². The van der Waals surface area contributed by atoms with Gasteiger partial charge in [-0.25, -0.2) is 13.5 Å². The standard InChI is InChI=1S/C30H31F4N3O6/c1-5-18(19-9-10-35-37(29(19)42)14-16-7-6-8-17(11-16)30(2,3)4)28(41)36-22(13-24(39)40)23(38)15-43-27-25(33)20(31)12-21(32)26(27)34/h6-12,18,22H,5,13-15H2,1-4H3,(H,36,41)(H,39,40). The van der Waals surface area contributed by atoms with Gasteiger partial charge in [0.1, 0.15) is 12.6 Å². The molecule has 0 spiro atoms. The predicted molar refractivity (Wildman–Crippen MR) is 147 cm³/mol. The van der Waals surface area contributed by atoms with E-state index in [1.54, 1.807) is 6.92 Å². The van der Waals surface area contributed by atoms with Crippen LogP contribution in [0.25, 0.3) is 0 Å². The molecule has 1 heterocycles. The van der Waals surface area contributed by atoms with E-state index in [1.807, 2.05) is 45.0 Å². The van der Waals surface area contributed by atoms with Gasteiger partial charge in [-0.3, -0.25) is 19.2 Å². The molecule has 1 aromatic heterocycles. The molecule has 3 rings (SSSR count). The van der Waals surface area contributed by atoms with Crippen LogP contribution in [0.15, 0.2) is 47.4 Å². The van der Waals surface area contributed by atoms with E-state index in [9.17, 15) is 41.8 Å². The predicted octanol–water partition coefficient (Wildman–Crippen LogP) is 4.25. The highest BCUT2D eigenvalue weighted by atomic mass is 19.2. The van der Waals surface area contributed by atoms with Gasteiger partial charge in [0.15, 0.2) is 23.2 Å². The Balaban J connectivity index is 1.82. The van der Waals surface area contributed by atoms with Gasteiger partial charge in [0.05, 0.1) is 18.9 Å². The first-order valence-corrected chi connectivity index (χ1v) is 13.3. The Hall–Kier alpha value is -4.55. The van der Waals surface area contributed by atoms with Crippen molar-refractivity contribution in [1.82, 2.24) is 15.1 Å². The molecule has 1 amide bonds. The third-order valence-corrected chi connectivity index (χ3v) is 6.68. The molecule has 9 nitrogen and oxygen atoms in total. The van der Waals surface area contributed by atoms with Crippen LogP contribution in [-0.2, 0) is 26.3 Å². The van der Waals surface area contributed by atoms with Crippen molar-refractivity contribution in [3.05, 3.63) is 92.9 Å². The molecule has 0 bridgehead atoms. The highest BCUT2D eigenvalue weighted by Gasteiger charge is 2.30. The highest BCUT2D eigenvalue weighted by Crippen LogP contribution is 2.27. The Morgan fingerprint density at radius 1 is 1.05 bits per heavy atom. The zero-order chi connectivity index (χ0) is 32.1. The van der Waals surface area contributed by atoms with Gasteiger partial charge in [-0.05, 0) is 29.0 Å². The average molecular weight is 606 g/mol. The lowest BCUT2D eigenvalue weighted by Gasteiger charge is -2.21. The maximum Gasteiger partial charge on any atom is 0.305 e. The Labute approximate surface area is 244 Å². The summed E-state index contributed by atoms with van der Waals surface area (Å²) in [5, 5.41) is 15.6. The minimum absolute atomic E-state index is 0.0409. The number of Topliss-reactive ketones (excluding diaryl/α,β-unsaturated/α-hetero) is 1. The number of amides is 1. The van der Waals surface area contributed by atoms with Crippen molar-refractivity contribution in [2.45, 2.75) is 64.5 Å². The second-order valence-corrected chi connectivity index (χ2v) is 10.9. The molecule has 0 aliphatic carbocycles. The Morgan fingerprint density at radius 2 is 1.70 bits per heavy atom. The number of carbonyl (C=O) groups is 3. The molecule has 2 aromatic carbocycles. The summed E-state index contributed by atoms with van der Waals surface area (Å²) in [6, 6.07) is 7.16. The molecule has 0 aliphatic heterocycles. The zero-order valence-electron chi connectivity index (χ0n) is 23.9. The molecule has 0 aliphatic rings. The van der Waals surface area contributed by atoms with Crippen LogP contribution in [0.5, 0.6) is 5.75 Å². The number of ketones is 1. The molecule has 43 heavy (non-hydrogen) atoms. The van der Waals surface area contributed by atoms with Gasteiger partial charge in [-0.1, -0.05) is 52.0 Å². The van der Waals surface area contributed by atoms with Crippen LogP contribution in [0.3, 0.4) is 0 Å². The average Bonchev–Trinajstić information content (AvgIpc) is 2.93. The SMILES string of the molecule is CCC(C(=O)NC(CC(=O)O)C(=O)COc1c(F)c(F)cc(F)c1F)c1ccnn(Cc2cccc(C(C)(C)C)c2)c1=O. The number of aromatic nitrogens is 2. The molecule has 2 unspecified atom stereocenters. The molecule has 0 saturated heterocycles. The summed E-state index contributed by atoms with van der Waals surface area (Å²) in [6.07, 6.45) is 0.473. The molecular formula is C30H31F4N3O6. The van der Waals surface area contributed by atoms with Crippen molar-refractivity contribution in [1.29, 1.82) is 0 Å². The molecule has 0 fully saturated rings. The van der Waals surface area contributed by atoms with Crippen LogP contribution in [0.1, 0.15) is 63.1 Å². The summed E-state index contributed by atoms with van der Waals surface area (Å²) in [7, 11) is 0. The fourth-order valence-electron chi connectivity index (χ4n) is 4.31. The van der Waals surface area contributed by atoms with E-state index in [0.29, 0.717) is 0 Å². The number of halogens is 4. The van der Waals surface area contributed by atoms with Crippen LogP contribution in [0, 0.1) is 23.3 Å². The topological polar surface area (TPSA) is 128 Å². The largest absolute Gasteiger partial charge is 0.481 e. The Morgan fingerprint density at radius 3 is 2.28 bits per heavy atom. The Kier molecular flexibility index (Phi) is 10.4. The van der Waals surface area contributed by atoms with E-state index < -0.39 is 77.2 Å². The van der Waals surface area contributed by atoms with Crippen molar-refractivity contribution >= 4 is 17.7 Å². The molecule has 2 atom stereocenters. The number of rotatable bonds is 12. The molecule has 0 saturated carbocycles. The minimum Gasteiger partial charge on any atom is -0.481 e. The second-order valence-electron chi connectivity index (χ2n) is 10.9. The number of carboxylic acid groups (broad SMARTS) is 1. The number of aliphatic carboxylic acids is 1. The number of nitrogens with one attached hydrogen (secondary N) is 1. The zero-order valence-corrected chi connectivity index (χ0v) is 23.9. The van der Waals surface area contributed by atoms with Crippen molar-refractivity contribution in [3.8, 4) is 5.75 Å². The minimum atomic E-state index is -1.89. The van der Waals surface area contributed by atoms with Crippen LogP contribution in [-0.4, -0.2) is 45.2 Å². The van der Waals surface area contributed by atoms with Crippen LogP contribution in [0.2, 0.25) is 0 Å². The van der Waals surface area contributed by atoms with E-state index in [2.05, 4.69) is 15.2 Å². The van der Waals surface area contributed by atoms with Gasteiger partial charge < -0.3 is 15.2 Å². The number of nitrogens with zero attached hydrogens (tertiary/aromatic N) is 2. The quantitative estimate of drug-likeness (QED) is 0.234. The van der Waals surface area contributed by atoms with Crippen LogP contribution < -0.4 is 15.6 Å². The van der Waals surface area contributed by atoms with Crippen molar-refractivity contribution in [2.24, 2.45) is 0 Å². The first-order chi connectivity index (χ1) is 20.1. The van der Waals surface area contributed by atoms with E-state index in [1.165, 1.54) is 16.9 Å². The molecule has 2 N–H and O–H groups in total. The molecular weight excluding hydrogens is 574 g/mol. The number of carbonyl (C=O) groups excluding carboxylic acids is 2. The lowest BCUT2D eigenvalue weighted by molar-refractivity contribution is -0.140. The normalized spacial score (nSPS) is 12.8. The van der Waals surface area contributed by atoms with Gasteiger partial charge >= 0.3 is 5.97 Å². The fourth-order valence-corrected chi connectivity index (χ4v) is 4.31. The lowest BCUT2D eigenvalue weighted by Crippen LogP contribution is -2.46. The summed E-state index contributed by atoms with van der Waals surface area (Å²) >= 11 is 0. The first kappa shape index (κ1) is 33.0. The van der Waals surface area contributed by atoms with Crippen molar-refractivity contribution in [2.75, 3.05) is 6.61 Å². The summed E-state index contributed by atoms with van der Waals surface area (Å²) < 4.78 is 60.6. The summed E-state index contributed by atoms with van der Waals surface area (Å²) in [5.74, 6) is -13.5. The lowest BCUT2D eigenvalue weighted by atomic mass is 9.86.